The average Bonchev–Trinajstić information content (AvgIpc) is 2.96. The first-order valence-corrected chi connectivity index (χ1v) is 6.21. The zero-order valence-electron chi connectivity index (χ0n) is 10.6. The molecule has 2 N–H and O–H groups in total. The van der Waals surface area contributed by atoms with Gasteiger partial charge in [0.1, 0.15) is 5.65 Å². The van der Waals surface area contributed by atoms with Crippen molar-refractivity contribution in [3.63, 3.8) is 0 Å². The maximum Gasteiger partial charge on any atom is 0.356 e. The fraction of sp³-hybridized carbons (Fsp3) is 0.385. The minimum Gasteiger partial charge on any atom is -0.476 e. The Morgan fingerprint density at radius 1 is 1.47 bits per heavy atom. The van der Waals surface area contributed by atoms with E-state index in [1.54, 1.807) is 10.5 Å². The highest BCUT2D eigenvalue weighted by molar-refractivity contribution is 5.86. The number of aliphatic hydroxyl groups excluding tert-OH is 1. The van der Waals surface area contributed by atoms with E-state index >= 15 is 0 Å². The molecular weight excluding hydrogens is 246 g/mol. The van der Waals surface area contributed by atoms with Gasteiger partial charge in [0.25, 0.3) is 0 Å². The first-order chi connectivity index (χ1) is 9.06. The zero-order chi connectivity index (χ0) is 13.6. The Morgan fingerprint density at radius 3 is 2.89 bits per heavy atom. The lowest BCUT2D eigenvalue weighted by Gasteiger charge is -2.20. The lowest BCUT2D eigenvalue weighted by atomic mass is 10.3. The normalized spacial score (nSPS) is 19.3. The van der Waals surface area contributed by atoms with Crippen LogP contribution in [0.25, 0.3) is 5.65 Å². The number of carboxylic acid groups (broad SMARTS) is 1. The predicted octanol–water partition coefficient (Wildman–Crippen LogP) is 0.912. The second-order valence-corrected chi connectivity index (χ2v) is 4.85. The van der Waals surface area contributed by atoms with Crippen molar-refractivity contribution in [3.8, 4) is 0 Å². The maximum atomic E-state index is 10.9. The molecule has 1 saturated heterocycles. The number of carbonyl (C=O) groups is 1. The van der Waals surface area contributed by atoms with Crippen LogP contribution in [0.1, 0.15) is 22.6 Å². The summed E-state index contributed by atoms with van der Waals surface area (Å²) < 4.78 is 1.78. The number of hydrogen-bond donors (Lipinski definition) is 2. The van der Waals surface area contributed by atoms with Crippen LogP contribution in [-0.2, 0) is 0 Å². The Bertz CT molecular complexity index is 650. The molecule has 3 rings (SSSR count). The topological polar surface area (TPSA) is 78.1 Å². The van der Waals surface area contributed by atoms with Gasteiger partial charge in [0, 0.05) is 25.0 Å². The van der Waals surface area contributed by atoms with Crippen LogP contribution in [0.2, 0.25) is 0 Å². The summed E-state index contributed by atoms with van der Waals surface area (Å²) in [6.07, 6.45) is 2.01. The van der Waals surface area contributed by atoms with E-state index in [1.807, 2.05) is 13.0 Å². The number of carboxylic acids is 1. The number of aliphatic hydroxyl groups is 1. The number of aryl methyl sites for hydroxylation is 1. The number of β-amino-alcohol motifs (C(OH)–C–C–N with tert-alkyl or cyclic N) is 1. The van der Waals surface area contributed by atoms with Crippen LogP contribution in [0.3, 0.4) is 0 Å². The van der Waals surface area contributed by atoms with Crippen molar-refractivity contribution in [3.05, 3.63) is 29.7 Å². The monoisotopic (exact) mass is 261 g/mol. The summed E-state index contributed by atoms with van der Waals surface area (Å²) in [6, 6.07) is 3.74. The Morgan fingerprint density at radius 2 is 2.26 bits per heavy atom. The van der Waals surface area contributed by atoms with Gasteiger partial charge < -0.3 is 19.5 Å². The number of nitrogens with zero attached hydrogens (tertiary/aromatic N) is 3. The van der Waals surface area contributed by atoms with E-state index in [2.05, 4.69) is 9.88 Å². The number of aromatic carboxylic acids is 1. The molecule has 6 heteroatoms. The highest BCUT2D eigenvalue weighted by atomic mass is 16.4. The maximum absolute atomic E-state index is 10.9. The lowest BCUT2D eigenvalue weighted by molar-refractivity contribution is 0.0691. The molecule has 1 aliphatic heterocycles. The van der Waals surface area contributed by atoms with Gasteiger partial charge in [-0.25, -0.2) is 9.78 Å². The van der Waals surface area contributed by atoms with Crippen LogP contribution in [0.15, 0.2) is 18.3 Å². The molecule has 19 heavy (non-hydrogen) atoms. The van der Waals surface area contributed by atoms with Gasteiger partial charge in [0.15, 0.2) is 5.69 Å². The van der Waals surface area contributed by atoms with Crippen molar-refractivity contribution >= 4 is 17.3 Å². The summed E-state index contributed by atoms with van der Waals surface area (Å²) in [5, 5.41) is 18.6. The molecule has 0 radical (unpaired) electrons. The zero-order valence-corrected chi connectivity index (χ0v) is 10.6. The Labute approximate surface area is 109 Å². The van der Waals surface area contributed by atoms with Crippen LogP contribution in [0.4, 0.5) is 5.69 Å². The van der Waals surface area contributed by atoms with Gasteiger partial charge in [-0.05, 0) is 25.5 Å². The molecule has 0 spiro atoms. The van der Waals surface area contributed by atoms with Crippen molar-refractivity contribution in [2.75, 3.05) is 18.0 Å². The molecule has 0 aliphatic carbocycles. The molecule has 6 nitrogen and oxygen atoms in total. The summed E-state index contributed by atoms with van der Waals surface area (Å²) in [5.41, 5.74) is 2.62. The number of fused-ring (bicyclic) bond motifs is 1. The molecule has 2 aromatic rings. The van der Waals surface area contributed by atoms with Gasteiger partial charge in [-0.1, -0.05) is 0 Å². The van der Waals surface area contributed by atoms with E-state index in [9.17, 15) is 9.90 Å². The average molecular weight is 261 g/mol. The van der Waals surface area contributed by atoms with Gasteiger partial charge in [-0.15, -0.1) is 0 Å². The van der Waals surface area contributed by atoms with E-state index in [0.717, 1.165) is 24.3 Å². The van der Waals surface area contributed by atoms with Crippen molar-refractivity contribution in [1.82, 2.24) is 9.38 Å². The third-order valence-corrected chi connectivity index (χ3v) is 3.58. The van der Waals surface area contributed by atoms with Crippen LogP contribution in [0, 0.1) is 6.92 Å². The molecule has 0 unspecified atom stereocenters. The number of rotatable bonds is 2. The first-order valence-electron chi connectivity index (χ1n) is 6.21. The van der Waals surface area contributed by atoms with Crippen molar-refractivity contribution < 1.29 is 15.0 Å². The van der Waals surface area contributed by atoms with Crippen LogP contribution >= 0.6 is 0 Å². The second-order valence-electron chi connectivity index (χ2n) is 4.85. The van der Waals surface area contributed by atoms with Gasteiger partial charge in [-0.3, -0.25) is 0 Å². The Balaban J connectivity index is 2.07. The van der Waals surface area contributed by atoms with E-state index in [-0.39, 0.29) is 11.8 Å². The molecule has 1 aliphatic rings. The molecule has 2 aromatic heterocycles. The summed E-state index contributed by atoms with van der Waals surface area (Å²) in [5.74, 6) is -1.03. The van der Waals surface area contributed by atoms with Crippen LogP contribution in [0.5, 0.6) is 0 Å². The number of pyridine rings is 1. The van der Waals surface area contributed by atoms with Gasteiger partial charge >= 0.3 is 5.97 Å². The SMILES string of the molecule is Cc1c(N2CC[C@@H](O)C2)ccc2nc(C(=O)O)cn12. The molecule has 0 saturated carbocycles. The number of hydrogen-bond acceptors (Lipinski definition) is 4. The highest BCUT2D eigenvalue weighted by Crippen LogP contribution is 2.25. The Kier molecular flexibility index (Phi) is 2.67. The van der Waals surface area contributed by atoms with E-state index in [0.29, 0.717) is 12.2 Å². The molecule has 3 heterocycles. The quantitative estimate of drug-likeness (QED) is 0.840. The fourth-order valence-corrected chi connectivity index (χ4v) is 2.58. The molecule has 0 aromatic carbocycles. The van der Waals surface area contributed by atoms with Crippen molar-refractivity contribution in [2.45, 2.75) is 19.4 Å². The summed E-state index contributed by atoms with van der Waals surface area (Å²) in [6.45, 7) is 3.36. The minimum atomic E-state index is -1.03. The molecule has 0 amide bonds. The van der Waals surface area contributed by atoms with Crippen molar-refractivity contribution in [1.29, 1.82) is 0 Å². The largest absolute Gasteiger partial charge is 0.476 e. The number of anilines is 1. The highest BCUT2D eigenvalue weighted by Gasteiger charge is 2.22. The third kappa shape index (κ3) is 1.94. The van der Waals surface area contributed by atoms with Gasteiger partial charge in [0.05, 0.1) is 11.8 Å². The molecule has 1 atom stereocenters. The smallest absolute Gasteiger partial charge is 0.356 e. The van der Waals surface area contributed by atoms with Crippen molar-refractivity contribution in [2.24, 2.45) is 0 Å². The molecule has 1 fully saturated rings. The number of imidazole rings is 1. The minimum absolute atomic E-state index is 0.0432. The van der Waals surface area contributed by atoms with Gasteiger partial charge in [-0.2, -0.15) is 0 Å². The van der Waals surface area contributed by atoms with E-state index < -0.39 is 5.97 Å². The fourth-order valence-electron chi connectivity index (χ4n) is 2.58. The standard InChI is InChI=1S/C13H15N3O3/c1-8-11(15-5-4-9(17)6-15)2-3-12-14-10(13(18)19)7-16(8)12/h2-3,7,9,17H,4-6H2,1H3,(H,18,19)/t9-/m1/s1. The predicted molar refractivity (Wildman–Crippen MR) is 69.7 cm³/mol. The van der Waals surface area contributed by atoms with Crippen LogP contribution in [-0.4, -0.2) is 44.8 Å². The second kappa shape index (κ2) is 4.24. The summed E-state index contributed by atoms with van der Waals surface area (Å²) in [7, 11) is 0. The van der Waals surface area contributed by atoms with Gasteiger partial charge in [0.2, 0.25) is 0 Å². The first kappa shape index (κ1) is 12.0. The summed E-state index contributed by atoms with van der Waals surface area (Å²) >= 11 is 0. The summed E-state index contributed by atoms with van der Waals surface area (Å²) in [4.78, 5) is 17.1. The molecule has 100 valence electrons. The third-order valence-electron chi connectivity index (χ3n) is 3.58. The van der Waals surface area contributed by atoms with Crippen LogP contribution < -0.4 is 4.90 Å². The van der Waals surface area contributed by atoms with E-state index in [4.69, 9.17) is 5.11 Å². The molecular formula is C13H15N3O3. The molecule has 0 bridgehead atoms. The number of aromatic nitrogens is 2. The Hall–Kier alpha value is -2.08. The lowest BCUT2D eigenvalue weighted by Crippen LogP contribution is -2.22. The van der Waals surface area contributed by atoms with E-state index in [1.165, 1.54) is 6.20 Å².